The minimum absolute atomic E-state index is 0.141. The molecule has 25 heavy (non-hydrogen) atoms. The van der Waals surface area contributed by atoms with E-state index in [1.54, 1.807) is 7.11 Å². The van der Waals surface area contributed by atoms with Gasteiger partial charge < -0.3 is 15.0 Å². The van der Waals surface area contributed by atoms with Gasteiger partial charge in [0.15, 0.2) is 0 Å². The Morgan fingerprint density at radius 1 is 1.12 bits per heavy atom. The average Bonchev–Trinajstić information content (AvgIpc) is 2.60. The van der Waals surface area contributed by atoms with Crippen molar-refractivity contribution in [1.29, 1.82) is 0 Å². The van der Waals surface area contributed by atoms with Crippen LogP contribution in [0.25, 0.3) is 0 Å². The third-order valence-corrected chi connectivity index (χ3v) is 4.75. The van der Waals surface area contributed by atoms with Gasteiger partial charge in [-0.15, -0.1) is 0 Å². The minimum Gasteiger partial charge on any atom is -0.495 e. The van der Waals surface area contributed by atoms with E-state index in [4.69, 9.17) is 4.74 Å². The van der Waals surface area contributed by atoms with Gasteiger partial charge in [0.25, 0.3) is 0 Å². The average molecular weight is 348 g/mol. The predicted molar refractivity (Wildman–Crippen MR) is 103 cm³/mol. The second kappa shape index (κ2) is 9.66. The maximum absolute atomic E-state index is 12.2. The van der Waals surface area contributed by atoms with Crippen molar-refractivity contribution in [3.05, 3.63) is 24.3 Å². The van der Waals surface area contributed by atoms with E-state index in [0.717, 1.165) is 50.5 Å². The summed E-state index contributed by atoms with van der Waals surface area (Å²) in [6.45, 7) is 10.6. The van der Waals surface area contributed by atoms with Crippen molar-refractivity contribution in [1.82, 2.24) is 10.2 Å². The molecule has 1 N–H and O–H groups in total. The molecule has 1 amide bonds. The number of methoxy groups -OCH3 is 1. The van der Waals surface area contributed by atoms with Crippen LogP contribution in [0.15, 0.2) is 24.3 Å². The standard InChI is InChI=1S/C20H33N3O2/c1-16(2)9-10-17(3)21-20(24)15-22-11-13-23(14-12-22)18-7-5-6-8-19(18)25-4/h5-8,16-17H,9-15H2,1-4H3,(H,21,24)/t17-/m0/s1. The third-order valence-electron chi connectivity index (χ3n) is 4.75. The van der Waals surface area contributed by atoms with E-state index in [2.05, 4.69) is 42.0 Å². The predicted octanol–water partition coefficient (Wildman–Crippen LogP) is 2.76. The zero-order valence-electron chi connectivity index (χ0n) is 16.1. The molecule has 2 rings (SSSR count). The summed E-state index contributed by atoms with van der Waals surface area (Å²) >= 11 is 0. The fourth-order valence-electron chi connectivity index (χ4n) is 3.22. The first-order chi connectivity index (χ1) is 12.0. The van der Waals surface area contributed by atoms with Crippen LogP contribution in [-0.4, -0.2) is 56.7 Å². The molecule has 1 aromatic rings. The lowest BCUT2D eigenvalue weighted by molar-refractivity contribution is -0.123. The number of hydrogen-bond donors (Lipinski definition) is 1. The molecule has 140 valence electrons. The molecule has 0 spiro atoms. The lowest BCUT2D eigenvalue weighted by Gasteiger charge is -2.36. The molecule has 1 aliphatic rings. The summed E-state index contributed by atoms with van der Waals surface area (Å²) < 4.78 is 5.45. The topological polar surface area (TPSA) is 44.8 Å². The number of nitrogens with zero attached hydrogens (tertiary/aromatic N) is 2. The Bertz CT molecular complexity index is 539. The second-order valence-corrected chi connectivity index (χ2v) is 7.37. The number of carbonyl (C=O) groups excluding carboxylic acids is 1. The number of ether oxygens (including phenoxy) is 1. The summed E-state index contributed by atoms with van der Waals surface area (Å²) in [4.78, 5) is 16.8. The fourth-order valence-corrected chi connectivity index (χ4v) is 3.22. The number of rotatable bonds is 8. The number of para-hydroxylation sites is 2. The van der Waals surface area contributed by atoms with Crippen molar-refractivity contribution in [2.45, 2.75) is 39.7 Å². The highest BCUT2D eigenvalue weighted by Crippen LogP contribution is 2.28. The molecule has 1 fully saturated rings. The fraction of sp³-hybridized carbons (Fsp3) is 0.650. The van der Waals surface area contributed by atoms with E-state index in [9.17, 15) is 4.79 Å². The molecule has 1 aromatic carbocycles. The Balaban J connectivity index is 1.75. The first kappa shape index (κ1) is 19.6. The molecule has 0 aliphatic carbocycles. The number of carbonyl (C=O) groups is 1. The van der Waals surface area contributed by atoms with E-state index >= 15 is 0 Å². The third kappa shape index (κ3) is 6.24. The lowest BCUT2D eigenvalue weighted by atomic mass is 10.0. The van der Waals surface area contributed by atoms with Crippen LogP contribution in [-0.2, 0) is 4.79 Å². The van der Waals surface area contributed by atoms with Gasteiger partial charge in [0.2, 0.25) is 5.91 Å². The van der Waals surface area contributed by atoms with Crippen molar-refractivity contribution < 1.29 is 9.53 Å². The Morgan fingerprint density at radius 2 is 1.80 bits per heavy atom. The Labute approximate surface area is 152 Å². The van der Waals surface area contributed by atoms with Crippen molar-refractivity contribution in [2.24, 2.45) is 5.92 Å². The minimum atomic E-state index is 0.141. The smallest absolute Gasteiger partial charge is 0.234 e. The quantitative estimate of drug-likeness (QED) is 0.785. The van der Waals surface area contributed by atoms with Crippen LogP contribution < -0.4 is 15.0 Å². The van der Waals surface area contributed by atoms with Crippen molar-refractivity contribution in [2.75, 3.05) is 44.7 Å². The zero-order chi connectivity index (χ0) is 18.2. The van der Waals surface area contributed by atoms with Crippen molar-refractivity contribution in [3.8, 4) is 5.75 Å². The van der Waals surface area contributed by atoms with Crippen LogP contribution in [0.5, 0.6) is 5.75 Å². The summed E-state index contributed by atoms with van der Waals surface area (Å²) in [7, 11) is 1.71. The van der Waals surface area contributed by atoms with E-state index < -0.39 is 0 Å². The number of benzene rings is 1. The molecule has 1 atom stereocenters. The second-order valence-electron chi connectivity index (χ2n) is 7.37. The van der Waals surface area contributed by atoms with Gasteiger partial charge in [-0.3, -0.25) is 9.69 Å². The monoisotopic (exact) mass is 347 g/mol. The number of nitrogens with one attached hydrogen (secondary N) is 1. The lowest BCUT2D eigenvalue weighted by Crippen LogP contribution is -2.50. The summed E-state index contributed by atoms with van der Waals surface area (Å²) in [5.74, 6) is 1.73. The molecule has 5 nitrogen and oxygen atoms in total. The first-order valence-corrected chi connectivity index (χ1v) is 9.39. The molecule has 0 radical (unpaired) electrons. The number of amides is 1. The Morgan fingerprint density at radius 3 is 2.44 bits per heavy atom. The van der Waals surface area contributed by atoms with Gasteiger partial charge in [-0.1, -0.05) is 26.0 Å². The highest BCUT2D eigenvalue weighted by molar-refractivity contribution is 5.78. The largest absolute Gasteiger partial charge is 0.495 e. The molecule has 0 saturated carbocycles. The Hall–Kier alpha value is -1.75. The van der Waals surface area contributed by atoms with Gasteiger partial charge in [0.1, 0.15) is 5.75 Å². The molecule has 1 heterocycles. The molecule has 0 bridgehead atoms. The number of piperazine rings is 1. The van der Waals surface area contributed by atoms with Crippen LogP contribution in [0.4, 0.5) is 5.69 Å². The van der Waals surface area contributed by atoms with Gasteiger partial charge in [-0.25, -0.2) is 0 Å². The van der Waals surface area contributed by atoms with Gasteiger partial charge in [0.05, 0.1) is 19.3 Å². The van der Waals surface area contributed by atoms with Crippen LogP contribution in [0.3, 0.4) is 0 Å². The van der Waals surface area contributed by atoms with Crippen LogP contribution in [0.2, 0.25) is 0 Å². The normalized spacial score (nSPS) is 16.8. The van der Waals surface area contributed by atoms with Gasteiger partial charge in [0, 0.05) is 32.2 Å². The first-order valence-electron chi connectivity index (χ1n) is 9.39. The SMILES string of the molecule is COc1ccccc1N1CCN(CC(=O)N[C@@H](C)CCC(C)C)CC1. The summed E-state index contributed by atoms with van der Waals surface area (Å²) in [6, 6.07) is 8.37. The number of hydrogen-bond acceptors (Lipinski definition) is 4. The molecule has 5 heteroatoms. The van der Waals surface area contributed by atoms with Gasteiger partial charge >= 0.3 is 0 Å². The van der Waals surface area contributed by atoms with Crippen LogP contribution in [0, 0.1) is 5.92 Å². The molecule has 1 saturated heterocycles. The molecular weight excluding hydrogens is 314 g/mol. The van der Waals surface area contributed by atoms with Crippen molar-refractivity contribution in [3.63, 3.8) is 0 Å². The van der Waals surface area contributed by atoms with E-state index in [1.807, 2.05) is 18.2 Å². The van der Waals surface area contributed by atoms with E-state index in [-0.39, 0.29) is 11.9 Å². The van der Waals surface area contributed by atoms with E-state index in [0.29, 0.717) is 12.5 Å². The Kier molecular flexibility index (Phi) is 7.56. The molecule has 0 aromatic heterocycles. The molecule has 1 aliphatic heterocycles. The highest BCUT2D eigenvalue weighted by atomic mass is 16.5. The zero-order valence-corrected chi connectivity index (χ0v) is 16.1. The highest BCUT2D eigenvalue weighted by Gasteiger charge is 2.21. The summed E-state index contributed by atoms with van der Waals surface area (Å²) in [5, 5.41) is 3.13. The van der Waals surface area contributed by atoms with Crippen LogP contribution >= 0.6 is 0 Å². The van der Waals surface area contributed by atoms with Crippen molar-refractivity contribution >= 4 is 11.6 Å². The maximum Gasteiger partial charge on any atom is 0.234 e. The van der Waals surface area contributed by atoms with E-state index in [1.165, 1.54) is 0 Å². The van der Waals surface area contributed by atoms with Gasteiger partial charge in [-0.2, -0.15) is 0 Å². The summed E-state index contributed by atoms with van der Waals surface area (Å²) in [6.07, 6.45) is 2.20. The molecular formula is C20H33N3O2. The van der Waals surface area contributed by atoms with Gasteiger partial charge in [-0.05, 0) is 37.8 Å². The molecule has 0 unspecified atom stereocenters. The summed E-state index contributed by atoms with van der Waals surface area (Å²) in [5.41, 5.74) is 1.14. The maximum atomic E-state index is 12.2. The number of anilines is 1. The van der Waals surface area contributed by atoms with Crippen LogP contribution in [0.1, 0.15) is 33.6 Å².